The van der Waals surface area contributed by atoms with E-state index in [1.165, 1.54) is 76.7 Å². The minimum atomic E-state index is 0.385. The van der Waals surface area contributed by atoms with E-state index >= 15 is 0 Å². The van der Waals surface area contributed by atoms with Gasteiger partial charge >= 0.3 is 0 Å². The minimum absolute atomic E-state index is 0.385. The van der Waals surface area contributed by atoms with Gasteiger partial charge in [-0.3, -0.25) is 8.80 Å². The molecule has 0 atom stereocenters. The van der Waals surface area contributed by atoms with Gasteiger partial charge in [0.2, 0.25) is 5.78 Å². The summed E-state index contributed by atoms with van der Waals surface area (Å²) in [6, 6.07) is 49.0. The second-order valence-corrected chi connectivity index (χ2v) is 12.7. The van der Waals surface area contributed by atoms with Gasteiger partial charge in [-0.1, -0.05) is 105 Å². The van der Waals surface area contributed by atoms with Crippen LogP contribution in [0.2, 0.25) is 0 Å². The Morgan fingerprint density at radius 3 is 1.89 bits per heavy atom. The molecule has 0 amide bonds. The largest absolute Gasteiger partial charge is 0.277 e. The SMILES string of the molecule is CC(C)c1ccc(-c2ccccc2)cc1-c1cc2c3cc4ccccc4cc3n3c2c(c1)n1c2cc4ccccc4cc2nc13. The molecule has 0 N–H and O–H groups in total. The van der Waals surface area contributed by atoms with Crippen molar-refractivity contribution in [3.63, 3.8) is 0 Å². The van der Waals surface area contributed by atoms with E-state index in [0.29, 0.717) is 5.92 Å². The zero-order valence-corrected chi connectivity index (χ0v) is 25.1. The molecule has 10 aromatic rings. The number of aromatic nitrogens is 3. The van der Waals surface area contributed by atoms with E-state index in [4.69, 9.17) is 4.98 Å². The zero-order valence-electron chi connectivity index (χ0n) is 25.1. The van der Waals surface area contributed by atoms with E-state index in [1.54, 1.807) is 0 Å². The summed E-state index contributed by atoms with van der Waals surface area (Å²) in [5, 5.41) is 7.46. The molecule has 10 rings (SSSR count). The molecule has 212 valence electrons. The van der Waals surface area contributed by atoms with Gasteiger partial charge in [-0.2, -0.15) is 0 Å². The molecule has 0 bridgehead atoms. The summed E-state index contributed by atoms with van der Waals surface area (Å²) in [6.07, 6.45) is 0. The van der Waals surface area contributed by atoms with Crippen molar-refractivity contribution in [3.8, 4) is 22.3 Å². The maximum Gasteiger partial charge on any atom is 0.220 e. The molecule has 0 aliphatic heterocycles. The van der Waals surface area contributed by atoms with E-state index in [0.717, 1.165) is 16.8 Å². The van der Waals surface area contributed by atoms with E-state index in [1.807, 2.05) is 0 Å². The third-order valence-electron chi connectivity index (χ3n) is 9.75. The van der Waals surface area contributed by atoms with Gasteiger partial charge in [-0.15, -0.1) is 0 Å². The summed E-state index contributed by atoms with van der Waals surface area (Å²) in [6.45, 7) is 4.59. The summed E-state index contributed by atoms with van der Waals surface area (Å²) >= 11 is 0. The number of fused-ring (bicyclic) bond motifs is 10. The Balaban J connectivity index is 1.39. The van der Waals surface area contributed by atoms with Crippen molar-refractivity contribution < 1.29 is 0 Å². The minimum Gasteiger partial charge on any atom is -0.277 e. The number of hydrogen-bond donors (Lipinski definition) is 0. The lowest BCUT2D eigenvalue weighted by atomic mass is 9.89. The van der Waals surface area contributed by atoms with Gasteiger partial charge in [0, 0.05) is 10.8 Å². The van der Waals surface area contributed by atoms with E-state index in [-0.39, 0.29) is 0 Å². The predicted octanol–water partition coefficient (Wildman–Crippen LogP) is 11.2. The Morgan fingerprint density at radius 2 is 1.16 bits per heavy atom. The normalized spacial score (nSPS) is 12.4. The average Bonchev–Trinajstić information content (AvgIpc) is 3.71. The number of imidazole rings is 2. The average molecular weight is 576 g/mol. The molecule has 0 aliphatic rings. The molecule has 0 aliphatic carbocycles. The van der Waals surface area contributed by atoms with Crippen molar-refractivity contribution in [2.75, 3.05) is 0 Å². The van der Waals surface area contributed by atoms with E-state index in [9.17, 15) is 0 Å². The van der Waals surface area contributed by atoms with Crippen LogP contribution in [-0.4, -0.2) is 13.8 Å². The monoisotopic (exact) mass is 575 g/mol. The van der Waals surface area contributed by atoms with Gasteiger partial charge < -0.3 is 0 Å². The second kappa shape index (κ2) is 8.93. The molecule has 0 fully saturated rings. The molecular formula is C42H29N3. The lowest BCUT2D eigenvalue weighted by Crippen LogP contribution is -1.94. The first-order chi connectivity index (χ1) is 22.1. The first-order valence-electron chi connectivity index (χ1n) is 15.7. The van der Waals surface area contributed by atoms with Crippen LogP contribution in [0, 0.1) is 0 Å². The zero-order chi connectivity index (χ0) is 29.8. The lowest BCUT2D eigenvalue weighted by Gasteiger charge is -2.16. The van der Waals surface area contributed by atoms with E-state index in [2.05, 4.69) is 156 Å². The van der Waals surface area contributed by atoms with Gasteiger partial charge in [-0.25, -0.2) is 4.98 Å². The van der Waals surface area contributed by atoms with Crippen LogP contribution in [-0.2, 0) is 0 Å². The van der Waals surface area contributed by atoms with Crippen LogP contribution in [0.1, 0.15) is 25.3 Å². The van der Waals surface area contributed by atoms with Crippen molar-refractivity contribution >= 4 is 65.7 Å². The Morgan fingerprint density at radius 1 is 0.489 bits per heavy atom. The highest BCUT2D eigenvalue weighted by Gasteiger charge is 2.23. The number of hydrogen-bond acceptors (Lipinski definition) is 1. The second-order valence-electron chi connectivity index (χ2n) is 12.7. The molecule has 0 radical (unpaired) electrons. The molecule has 3 heteroatoms. The van der Waals surface area contributed by atoms with Crippen LogP contribution in [0.3, 0.4) is 0 Å². The maximum atomic E-state index is 5.31. The molecule has 0 saturated heterocycles. The predicted molar refractivity (Wildman–Crippen MR) is 190 cm³/mol. The van der Waals surface area contributed by atoms with Crippen LogP contribution in [0.15, 0.2) is 133 Å². The Hall–Kier alpha value is -5.67. The summed E-state index contributed by atoms with van der Waals surface area (Å²) in [4.78, 5) is 5.31. The van der Waals surface area contributed by atoms with Gasteiger partial charge in [0.1, 0.15) is 0 Å². The fourth-order valence-electron chi connectivity index (χ4n) is 7.60. The summed E-state index contributed by atoms with van der Waals surface area (Å²) in [5.74, 6) is 1.35. The standard InChI is InChI=1S/C42H29N3/c1-25(2)33-17-16-31(26-10-4-3-5-11-26)18-34(33)32-20-36-35-19-27-12-6-8-14-29(27)22-38(35)45-41(36)40(24-32)44-39-23-30-15-9-7-13-28(30)21-37(39)43-42(44)45/h3-25H,1-2H3. The number of nitrogens with zero attached hydrogens (tertiary/aromatic N) is 3. The molecular weight excluding hydrogens is 546 g/mol. The first kappa shape index (κ1) is 24.7. The van der Waals surface area contributed by atoms with Crippen LogP contribution in [0.5, 0.6) is 0 Å². The molecule has 3 nitrogen and oxygen atoms in total. The highest BCUT2D eigenvalue weighted by atomic mass is 15.2. The van der Waals surface area contributed by atoms with Crippen molar-refractivity contribution in [1.82, 2.24) is 13.8 Å². The fourth-order valence-corrected chi connectivity index (χ4v) is 7.60. The third-order valence-corrected chi connectivity index (χ3v) is 9.75. The first-order valence-corrected chi connectivity index (χ1v) is 15.7. The Bertz CT molecular complexity index is 2780. The molecule has 0 saturated carbocycles. The third kappa shape index (κ3) is 3.44. The van der Waals surface area contributed by atoms with Crippen molar-refractivity contribution in [2.24, 2.45) is 0 Å². The molecule has 0 unspecified atom stereocenters. The van der Waals surface area contributed by atoms with Crippen LogP contribution < -0.4 is 0 Å². The van der Waals surface area contributed by atoms with Crippen LogP contribution in [0.4, 0.5) is 0 Å². The van der Waals surface area contributed by atoms with Crippen molar-refractivity contribution in [2.45, 2.75) is 19.8 Å². The Kier molecular flexibility index (Phi) is 4.91. The summed E-state index contributed by atoms with van der Waals surface area (Å²) < 4.78 is 4.78. The molecule has 3 heterocycles. The van der Waals surface area contributed by atoms with E-state index < -0.39 is 0 Å². The highest BCUT2D eigenvalue weighted by molar-refractivity contribution is 6.20. The topological polar surface area (TPSA) is 21.7 Å². The lowest BCUT2D eigenvalue weighted by molar-refractivity contribution is 0.869. The van der Waals surface area contributed by atoms with Gasteiger partial charge in [0.25, 0.3) is 0 Å². The molecule has 0 spiro atoms. The van der Waals surface area contributed by atoms with Crippen LogP contribution >= 0.6 is 0 Å². The highest BCUT2D eigenvalue weighted by Crippen LogP contribution is 2.43. The molecule has 45 heavy (non-hydrogen) atoms. The fraction of sp³-hybridized carbons (Fsp3) is 0.0714. The van der Waals surface area contributed by atoms with Crippen molar-refractivity contribution in [3.05, 3.63) is 139 Å². The van der Waals surface area contributed by atoms with Gasteiger partial charge in [0.05, 0.1) is 27.6 Å². The summed E-state index contributed by atoms with van der Waals surface area (Å²) in [5.41, 5.74) is 12.1. The smallest absolute Gasteiger partial charge is 0.220 e. The Labute approximate surface area is 259 Å². The van der Waals surface area contributed by atoms with Gasteiger partial charge in [0.15, 0.2) is 0 Å². The molecule has 7 aromatic carbocycles. The number of benzene rings is 7. The van der Waals surface area contributed by atoms with Crippen molar-refractivity contribution in [1.29, 1.82) is 0 Å². The quantitative estimate of drug-likeness (QED) is 0.205. The maximum absolute atomic E-state index is 5.31. The number of rotatable bonds is 3. The summed E-state index contributed by atoms with van der Waals surface area (Å²) in [7, 11) is 0. The molecule has 3 aromatic heterocycles. The van der Waals surface area contributed by atoms with Crippen LogP contribution in [0.25, 0.3) is 87.9 Å². The van der Waals surface area contributed by atoms with Gasteiger partial charge in [-0.05, 0) is 97.7 Å².